The second-order valence-electron chi connectivity index (χ2n) is 4.83. The lowest BCUT2D eigenvalue weighted by molar-refractivity contribution is 0.0647. The van der Waals surface area contributed by atoms with Crippen molar-refractivity contribution in [2.75, 3.05) is 26.7 Å². The maximum Gasteiger partial charge on any atom is 0.264 e. The Balaban J connectivity index is 2.10. The van der Waals surface area contributed by atoms with Gasteiger partial charge in [0.05, 0.1) is 12.0 Å². The molecule has 1 aromatic rings. The second-order valence-corrected chi connectivity index (χ2v) is 5.74. The van der Waals surface area contributed by atoms with E-state index in [1.165, 1.54) is 11.3 Å². The molecular formula is C14H22N2O2S. The molecule has 1 amide bonds. The zero-order valence-electron chi connectivity index (χ0n) is 11.6. The minimum atomic E-state index is 0.155. The van der Waals surface area contributed by atoms with Crippen LogP contribution in [0.15, 0.2) is 11.4 Å². The van der Waals surface area contributed by atoms with Crippen molar-refractivity contribution in [1.29, 1.82) is 0 Å². The van der Waals surface area contributed by atoms with Crippen LogP contribution in [-0.4, -0.2) is 43.6 Å². The topological polar surface area (TPSA) is 41.6 Å². The van der Waals surface area contributed by atoms with Gasteiger partial charge in [-0.3, -0.25) is 4.79 Å². The lowest BCUT2D eigenvalue weighted by Crippen LogP contribution is -2.46. The molecule has 0 unspecified atom stereocenters. The fraction of sp³-hybridized carbons (Fsp3) is 0.643. The number of hydrogen-bond donors (Lipinski definition) is 1. The van der Waals surface area contributed by atoms with Crippen LogP contribution in [0.4, 0.5) is 0 Å². The maximum atomic E-state index is 12.6. The fourth-order valence-corrected chi connectivity index (χ4v) is 3.30. The SMILES string of the molecule is CCCN(C(=O)c1cc(OC)cs1)C1CCNCC1. The monoisotopic (exact) mass is 282 g/mol. The van der Waals surface area contributed by atoms with Gasteiger partial charge in [0.15, 0.2) is 0 Å². The summed E-state index contributed by atoms with van der Waals surface area (Å²) in [6, 6.07) is 2.22. The Kier molecular flexibility index (Phi) is 5.22. The first-order valence-corrected chi connectivity index (χ1v) is 7.78. The van der Waals surface area contributed by atoms with Gasteiger partial charge in [-0.1, -0.05) is 6.92 Å². The fourth-order valence-electron chi connectivity index (χ4n) is 2.49. The van der Waals surface area contributed by atoms with Crippen molar-refractivity contribution in [3.8, 4) is 5.75 Å². The number of thiophene rings is 1. The molecule has 106 valence electrons. The van der Waals surface area contributed by atoms with E-state index in [1.807, 2.05) is 16.3 Å². The van der Waals surface area contributed by atoms with Gasteiger partial charge in [-0.2, -0.15) is 0 Å². The van der Waals surface area contributed by atoms with Crippen LogP contribution in [-0.2, 0) is 0 Å². The molecule has 1 aromatic heterocycles. The number of rotatable bonds is 5. The molecule has 1 N–H and O–H groups in total. The number of piperidine rings is 1. The molecule has 2 heterocycles. The smallest absolute Gasteiger partial charge is 0.264 e. The molecule has 0 aromatic carbocycles. The molecule has 1 fully saturated rings. The number of carbonyl (C=O) groups is 1. The van der Waals surface area contributed by atoms with Crippen molar-refractivity contribution in [3.05, 3.63) is 16.3 Å². The molecule has 5 heteroatoms. The number of amides is 1. The van der Waals surface area contributed by atoms with Gasteiger partial charge in [-0.05, 0) is 32.4 Å². The second kappa shape index (κ2) is 6.91. The van der Waals surface area contributed by atoms with E-state index in [1.54, 1.807) is 7.11 Å². The highest BCUT2D eigenvalue weighted by molar-refractivity contribution is 7.12. The molecular weight excluding hydrogens is 260 g/mol. The third-order valence-electron chi connectivity index (χ3n) is 3.50. The Bertz CT molecular complexity index is 413. The molecule has 0 radical (unpaired) electrons. The predicted octanol–water partition coefficient (Wildman–Crippen LogP) is 2.36. The standard InChI is InChI=1S/C14H22N2O2S/c1-3-8-16(11-4-6-15-7-5-11)14(17)13-9-12(18-2)10-19-13/h9-11,15H,3-8H2,1-2H3. The molecule has 2 rings (SSSR count). The van der Waals surface area contributed by atoms with Crippen LogP contribution in [0.25, 0.3) is 0 Å². The van der Waals surface area contributed by atoms with Crippen molar-refractivity contribution in [3.63, 3.8) is 0 Å². The summed E-state index contributed by atoms with van der Waals surface area (Å²) < 4.78 is 5.16. The van der Waals surface area contributed by atoms with Crippen LogP contribution in [0.1, 0.15) is 35.9 Å². The van der Waals surface area contributed by atoms with Crippen LogP contribution in [0.2, 0.25) is 0 Å². The highest BCUT2D eigenvalue weighted by atomic mass is 32.1. The Hall–Kier alpha value is -1.07. The minimum Gasteiger partial charge on any atom is -0.496 e. The lowest BCUT2D eigenvalue weighted by atomic mass is 10.0. The average molecular weight is 282 g/mol. The zero-order valence-corrected chi connectivity index (χ0v) is 12.5. The van der Waals surface area contributed by atoms with Crippen molar-refractivity contribution >= 4 is 17.2 Å². The molecule has 0 saturated carbocycles. The minimum absolute atomic E-state index is 0.155. The van der Waals surface area contributed by atoms with Gasteiger partial charge in [0.25, 0.3) is 5.91 Å². The van der Waals surface area contributed by atoms with Gasteiger partial charge in [0, 0.05) is 24.0 Å². The Morgan fingerprint density at radius 1 is 1.53 bits per heavy atom. The Labute approximate surface area is 118 Å². The van der Waals surface area contributed by atoms with Crippen LogP contribution in [0.3, 0.4) is 0 Å². The summed E-state index contributed by atoms with van der Waals surface area (Å²) in [6.45, 7) is 4.97. The zero-order chi connectivity index (χ0) is 13.7. The number of nitrogens with zero attached hydrogens (tertiary/aromatic N) is 1. The van der Waals surface area contributed by atoms with Crippen LogP contribution < -0.4 is 10.1 Å². The van der Waals surface area contributed by atoms with Gasteiger partial charge in [-0.25, -0.2) is 0 Å². The van der Waals surface area contributed by atoms with Crippen molar-refractivity contribution in [2.45, 2.75) is 32.2 Å². The first-order chi connectivity index (χ1) is 9.26. The van der Waals surface area contributed by atoms with Gasteiger partial charge in [0.1, 0.15) is 5.75 Å². The summed E-state index contributed by atoms with van der Waals surface area (Å²) in [5, 5.41) is 5.24. The summed E-state index contributed by atoms with van der Waals surface area (Å²) in [7, 11) is 1.63. The van der Waals surface area contributed by atoms with Crippen molar-refractivity contribution in [2.24, 2.45) is 0 Å². The number of carbonyl (C=O) groups excluding carboxylic acids is 1. The van der Waals surface area contributed by atoms with E-state index in [4.69, 9.17) is 4.74 Å². The average Bonchev–Trinajstić information content (AvgIpc) is 2.94. The van der Waals surface area contributed by atoms with E-state index in [-0.39, 0.29) is 5.91 Å². The molecule has 0 atom stereocenters. The number of ether oxygens (including phenoxy) is 1. The van der Waals surface area contributed by atoms with Crippen LogP contribution >= 0.6 is 11.3 Å². The molecule has 4 nitrogen and oxygen atoms in total. The largest absolute Gasteiger partial charge is 0.496 e. The molecule has 0 aliphatic carbocycles. The predicted molar refractivity (Wildman–Crippen MR) is 78.1 cm³/mol. The first-order valence-electron chi connectivity index (χ1n) is 6.90. The normalized spacial score (nSPS) is 16.3. The van der Waals surface area contributed by atoms with Gasteiger partial charge in [-0.15, -0.1) is 11.3 Å². The summed E-state index contributed by atoms with van der Waals surface area (Å²) in [4.78, 5) is 15.5. The van der Waals surface area contributed by atoms with Crippen molar-refractivity contribution < 1.29 is 9.53 Å². The van der Waals surface area contributed by atoms with E-state index in [0.717, 1.165) is 49.5 Å². The van der Waals surface area contributed by atoms with E-state index < -0.39 is 0 Å². The van der Waals surface area contributed by atoms with Crippen LogP contribution in [0, 0.1) is 0 Å². The highest BCUT2D eigenvalue weighted by Gasteiger charge is 2.26. The quantitative estimate of drug-likeness (QED) is 0.901. The number of nitrogens with one attached hydrogen (secondary N) is 1. The van der Waals surface area contributed by atoms with E-state index in [2.05, 4.69) is 12.2 Å². The Morgan fingerprint density at radius 2 is 2.26 bits per heavy atom. The van der Waals surface area contributed by atoms with E-state index in [9.17, 15) is 4.79 Å². The summed E-state index contributed by atoms with van der Waals surface area (Å²) in [6.07, 6.45) is 3.10. The van der Waals surface area contributed by atoms with Crippen LogP contribution in [0.5, 0.6) is 5.75 Å². The molecule has 0 bridgehead atoms. The third kappa shape index (κ3) is 3.48. The number of methoxy groups -OCH3 is 1. The Morgan fingerprint density at radius 3 is 2.84 bits per heavy atom. The van der Waals surface area contributed by atoms with Gasteiger partial charge in [0.2, 0.25) is 0 Å². The molecule has 0 spiro atoms. The first kappa shape index (κ1) is 14.3. The van der Waals surface area contributed by atoms with E-state index >= 15 is 0 Å². The molecule has 1 aliphatic rings. The van der Waals surface area contributed by atoms with Gasteiger partial charge < -0.3 is 15.0 Å². The third-order valence-corrected chi connectivity index (χ3v) is 4.39. The molecule has 1 aliphatic heterocycles. The number of hydrogen-bond acceptors (Lipinski definition) is 4. The molecule has 1 saturated heterocycles. The maximum absolute atomic E-state index is 12.6. The highest BCUT2D eigenvalue weighted by Crippen LogP contribution is 2.24. The molecule has 19 heavy (non-hydrogen) atoms. The van der Waals surface area contributed by atoms with Gasteiger partial charge >= 0.3 is 0 Å². The summed E-state index contributed by atoms with van der Waals surface area (Å²) in [5.41, 5.74) is 0. The van der Waals surface area contributed by atoms with E-state index in [0.29, 0.717) is 6.04 Å². The van der Waals surface area contributed by atoms with Crippen molar-refractivity contribution in [1.82, 2.24) is 10.2 Å². The summed E-state index contributed by atoms with van der Waals surface area (Å²) >= 11 is 1.47. The summed E-state index contributed by atoms with van der Waals surface area (Å²) in [5.74, 6) is 0.928. The lowest BCUT2D eigenvalue weighted by Gasteiger charge is -2.34.